The number of carbonyl (C=O) groups is 1. The third-order valence-corrected chi connectivity index (χ3v) is 7.87. The first-order valence-corrected chi connectivity index (χ1v) is 12.6. The van der Waals surface area contributed by atoms with E-state index >= 15 is 0 Å². The van der Waals surface area contributed by atoms with E-state index in [1.54, 1.807) is 31.2 Å². The Bertz CT molecular complexity index is 1520. The van der Waals surface area contributed by atoms with Crippen molar-refractivity contribution in [2.45, 2.75) is 39.5 Å². The van der Waals surface area contributed by atoms with E-state index in [-0.39, 0.29) is 4.90 Å². The van der Waals surface area contributed by atoms with Crippen LogP contribution in [0.2, 0.25) is 0 Å². The second-order valence-electron chi connectivity index (χ2n) is 8.64. The van der Waals surface area contributed by atoms with Crippen molar-refractivity contribution in [2.24, 2.45) is 0 Å². The van der Waals surface area contributed by atoms with Crippen LogP contribution in [0.15, 0.2) is 71.3 Å². The highest BCUT2D eigenvalue weighted by atomic mass is 32.2. The normalized spacial score (nSPS) is 12.2. The lowest BCUT2D eigenvalue weighted by Crippen LogP contribution is -2.31. The zero-order valence-corrected chi connectivity index (χ0v) is 20.8. The number of H-pyrrole nitrogens is 1. The van der Waals surface area contributed by atoms with Crippen molar-refractivity contribution in [3.8, 4) is 11.1 Å². The van der Waals surface area contributed by atoms with Gasteiger partial charge in [-0.1, -0.05) is 24.3 Å². The smallest absolute Gasteiger partial charge is 0.264 e. The lowest BCUT2D eigenvalue weighted by atomic mass is 9.85. The lowest BCUT2D eigenvalue weighted by Gasteiger charge is -2.20. The van der Waals surface area contributed by atoms with Gasteiger partial charge in [0.05, 0.1) is 4.90 Å². The Kier molecular flexibility index (Phi) is 6.19. The summed E-state index contributed by atoms with van der Waals surface area (Å²) in [6.07, 6.45) is 3.71. The van der Waals surface area contributed by atoms with Gasteiger partial charge in [-0.25, -0.2) is 13.1 Å². The third-order valence-electron chi connectivity index (χ3n) is 6.52. The molecule has 3 aromatic carbocycles. The van der Waals surface area contributed by atoms with Crippen molar-refractivity contribution in [2.75, 3.05) is 0 Å². The van der Waals surface area contributed by atoms with Crippen LogP contribution in [-0.2, 0) is 14.8 Å². The standard InChI is InChI=1S/C28H28N2O3S/c1-17(28(31)30-34(32,33)24-9-7-6-8-10-24)15-25-18(2)20(4)27(21(5)19(25)3)23-11-12-26-22(16-23)13-14-29-26/h6-16,29H,1-5H3,(H,30,31)/b17-15+. The summed E-state index contributed by atoms with van der Waals surface area (Å²) >= 11 is 0. The molecule has 0 spiro atoms. The Morgan fingerprint density at radius 1 is 0.882 bits per heavy atom. The van der Waals surface area contributed by atoms with Crippen molar-refractivity contribution in [3.05, 3.63) is 94.2 Å². The van der Waals surface area contributed by atoms with Crippen molar-refractivity contribution in [1.82, 2.24) is 9.71 Å². The van der Waals surface area contributed by atoms with Crippen LogP contribution in [-0.4, -0.2) is 19.3 Å². The van der Waals surface area contributed by atoms with Crippen molar-refractivity contribution < 1.29 is 13.2 Å². The van der Waals surface area contributed by atoms with Gasteiger partial charge in [0.25, 0.3) is 15.9 Å². The summed E-state index contributed by atoms with van der Waals surface area (Å²) in [4.78, 5) is 16.0. The molecule has 0 aliphatic rings. The molecule has 0 saturated carbocycles. The average molecular weight is 473 g/mol. The molecule has 174 valence electrons. The van der Waals surface area contributed by atoms with Crippen LogP contribution in [0.3, 0.4) is 0 Å². The van der Waals surface area contributed by atoms with Gasteiger partial charge >= 0.3 is 0 Å². The van der Waals surface area contributed by atoms with Crippen LogP contribution in [0.4, 0.5) is 0 Å². The molecule has 0 radical (unpaired) electrons. The summed E-state index contributed by atoms with van der Waals surface area (Å²) in [6.45, 7) is 9.89. The van der Waals surface area contributed by atoms with Gasteiger partial charge in [0, 0.05) is 17.3 Å². The Hall–Kier alpha value is -3.64. The summed E-state index contributed by atoms with van der Waals surface area (Å²) < 4.78 is 27.3. The summed E-state index contributed by atoms with van der Waals surface area (Å²) in [7, 11) is -3.93. The number of aromatic nitrogens is 1. The first-order chi connectivity index (χ1) is 16.1. The van der Waals surface area contributed by atoms with E-state index in [1.165, 1.54) is 17.7 Å². The maximum absolute atomic E-state index is 12.8. The quantitative estimate of drug-likeness (QED) is 0.351. The molecule has 0 bridgehead atoms. The number of amides is 1. The first-order valence-electron chi connectivity index (χ1n) is 11.1. The third kappa shape index (κ3) is 4.29. The predicted molar refractivity (Wildman–Crippen MR) is 138 cm³/mol. The molecule has 1 heterocycles. The SMILES string of the molecule is C/C(=C\c1c(C)c(C)c(-c2ccc3[nH]ccc3c2)c(C)c1C)C(=O)NS(=O)(=O)c1ccccc1. The Morgan fingerprint density at radius 2 is 1.53 bits per heavy atom. The number of hydrogen-bond acceptors (Lipinski definition) is 3. The van der Waals surface area contributed by atoms with Crippen molar-refractivity contribution in [1.29, 1.82) is 0 Å². The number of carbonyl (C=O) groups excluding carboxylic acids is 1. The summed E-state index contributed by atoms with van der Waals surface area (Å²) in [5.74, 6) is -0.639. The van der Waals surface area contributed by atoms with Crippen LogP contribution in [0.5, 0.6) is 0 Å². The van der Waals surface area contributed by atoms with Gasteiger partial charge in [0.15, 0.2) is 0 Å². The Balaban J connectivity index is 1.71. The highest BCUT2D eigenvalue weighted by molar-refractivity contribution is 7.90. The van der Waals surface area contributed by atoms with Gasteiger partial charge in [-0.2, -0.15) is 0 Å². The molecule has 34 heavy (non-hydrogen) atoms. The average Bonchev–Trinajstić information content (AvgIpc) is 3.29. The Morgan fingerprint density at radius 3 is 2.18 bits per heavy atom. The van der Waals surface area contributed by atoms with Crippen LogP contribution < -0.4 is 4.72 Å². The minimum Gasteiger partial charge on any atom is -0.361 e. The number of fused-ring (bicyclic) bond motifs is 1. The zero-order chi connectivity index (χ0) is 24.6. The first kappa shape index (κ1) is 23.5. The highest BCUT2D eigenvalue weighted by Crippen LogP contribution is 2.36. The summed E-state index contributed by atoms with van der Waals surface area (Å²) in [5, 5.41) is 1.16. The molecule has 4 aromatic rings. The van der Waals surface area contributed by atoms with Crippen LogP contribution in [0.25, 0.3) is 28.1 Å². The molecule has 0 saturated heterocycles. The zero-order valence-electron chi connectivity index (χ0n) is 20.0. The molecular formula is C28H28N2O3S. The van der Waals surface area contributed by atoms with Crippen LogP contribution >= 0.6 is 0 Å². The fourth-order valence-electron chi connectivity index (χ4n) is 4.34. The topological polar surface area (TPSA) is 79.0 Å². The van der Waals surface area contributed by atoms with E-state index in [4.69, 9.17) is 0 Å². The summed E-state index contributed by atoms with van der Waals surface area (Å²) in [6, 6.07) is 16.3. The number of benzene rings is 3. The molecule has 0 unspecified atom stereocenters. The largest absolute Gasteiger partial charge is 0.361 e. The highest BCUT2D eigenvalue weighted by Gasteiger charge is 2.20. The predicted octanol–water partition coefficient (Wildman–Crippen LogP) is 5.98. The number of aromatic amines is 1. The fraction of sp³-hybridized carbons (Fsp3) is 0.179. The maximum atomic E-state index is 12.8. The molecule has 1 aromatic heterocycles. The van der Waals surface area contributed by atoms with E-state index in [9.17, 15) is 13.2 Å². The lowest BCUT2D eigenvalue weighted by molar-refractivity contribution is -0.115. The Labute approximate surface area is 200 Å². The van der Waals surface area contributed by atoms with Crippen molar-refractivity contribution in [3.63, 3.8) is 0 Å². The molecule has 4 rings (SSSR count). The monoisotopic (exact) mass is 472 g/mol. The maximum Gasteiger partial charge on any atom is 0.264 e. The van der Waals surface area contributed by atoms with Gasteiger partial charge in [-0.05, 0) is 115 Å². The van der Waals surface area contributed by atoms with Gasteiger partial charge in [0.2, 0.25) is 0 Å². The minimum absolute atomic E-state index is 0.0546. The fourth-order valence-corrected chi connectivity index (χ4v) is 5.38. The minimum atomic E-state index is -3.93. The molecule has 1 amide bonds. The van der Waals surface area contributed by atoms with E-state index in [0.29, 0.717) is 5.57 Å². The number of rotatable bonds is 5. The summed E-state index contributed by atoms with van der Waals surface area (Å²) in [5.41, 5.74) is 9.08. The van der Waals surface area contributed by atoms with Gasteiger partial charge in [-0.15, -0.1) is 0 Å². The van der Waals surface area contributed by atoms with Crippen LogP contribution in [0, 0.1) is 27.7 Å². The second kappa shape index (κ2) is 8.95. The van der Waals surface area contributed by atoms with Gasteiger partial charge in [-0.3, -0.25) is 4.79 Å². The number of sulfonamides is 1. The molecule has 2 N–H and O–H groups in total. The number of hydrogen-bond donors (Lipinski definition) is 2. The van der Waals surface area contributed by atoms with Gasteiger partial charge < -0.3 is 4.98 Å². The molecule has 5 nitrogen and oxygen atoms in total. The molecule has 0 aliphatic heterocycles. The molecule has 0 aliphatic carbocycles. The van der Waals surface area contributed by atoms with E-state index in [0.717, 1.165) is 44.3 Å². The molecule has 6 heteroatoms. The van der Waals surface area contributed by atoms with E-state index in [2.05, 4.69) is 47.8 Å². The van der Waals surface area contributed by atoms with Crippen LogP contribution in [0.1, 0.15) is 34.7 Å². The second-order valence-corrected chi connectivity index (χ2v) is 10.3. The van der Waals surface area contributed by atoms with E-state index in [1.807, 2.05) is 20.0 Å². The van der Waals surface area contributed by atoms with Gasteiger partial charge in [0.1, 0.15) is 0 Å². The number of nitrogens with one attached hydrogen (secondary N) is 2. The molecule has 0 fully saturated rings. The van der Waals surface area contributed by atoms with E-state index < -0.39 is 15.9 Å². The molecular weight excluding hydrogens is 444 g/mol. The molecule has 0 atom stereocenters. The van der Waals surface area contributed by atoms with Crippen molar-refractivity contribution >= 4 is 32.9 Å².